The van der Waals surface area contributed by atoms with Crippen molar-refractivity contribution < 1.29 is 0 Å². The number of hydrogen-bond acceptors (Lipinski definition) is 2. The summed E-state index contributed by atoms with van der Waals surface area (Å²) >= 11 is 0. The van der Waals surface area contributed by atoms with Crippen LogP contribution >= 0.6 is 0 Å². The van der Waals surface area contributed by atoms with Gasteiger partial charge >= 0.3 is 0 Å². The molecule has 3 nitrogen and oxygen atoms in total. The summed E-state index contributed by atoms with van der Waals surface area (Å²) in [5.41, 5.74) is 8.79. The van der Waals surface area contributed by atoms with Crippen molar-refractivity contribution in [1.82, 2.24) is 9.78 Å². The van der Waals surface area contributed by atoms with E-state index >= 15 is 0 Å². The summed E-state index contributed by atoms with van der Waals surface area (Å²) in [7, 11) is 0. The molecule has 3 heteroatoms. The third-order valence-corrected chi connectivity index (χ3v) is 2.08. The molecule has 0 fully saturated rings. The number of hydrogen-bond donors (Lipinski definition) is 1. The van der Waals surface area contributed by atoms with Crippen LogP contribution in [0.5, 0.6) is 0 Å². The molecule has 0 unspecified atom stereocenters. The number of rotatable bonds is 2. The fraction of sp³-hybridized carbons (Fsp3) is 0.182. The lowest BCUT2D eigenvalue weighted by atomic mass is 10.1. The Bertz CT molecular complexity index is 432. The van der Waals surface area contributed by atoms with Crippen LogP contribution in [0.4, 0.5) is 5.69 Å². The number of benzene rings is 1. The maximum Gasteiger partial charge on any atom is 0.0719 e. The smallest absolute Gasteiger partial charge is 0.0719 e. The Morgan fingerprint density at radius 3 is 2.93 bits per heavy atom. The van der Waals surface area contributed by atoms with Gasteiger partial charge in [0, 0.05) is 6.20 Å². The molecule has 1 aromatic heterocycles. The lowest BCUT2D eigenvalue weighted by Crippen LogP contribution is -1.99. The fourth-order valence-electron chi connectivity index (χ4n) is 1.46. The van der Waals surface area contributed by atoms with Crippen LogP contribution in [0, 0.1) is 6.92 Å². The van der Waals surface area contributed by atoms with Crippen LogP contribution in [-0.2, 0) is 6.54 Å². The second kappa shape index (κ2) is 3.54. The minimum atomic E-state index is 0.706. The topological polar surface area (TPSA) is 43.8 Å². The zero-order valence-corrected chi connectivity index (χ0v) is 8.14. The van der Waals surface area contributed by atoms with Gasteiger partial charge in [-0.2, -0.15) is 5.10 Å². The van der Waals surface area contributed by atoms with E-state index in [1.54, 1.807) is 6.20 Å². The van der Waals surface area contributed by atoms with E-state index in [1.165, 1.54) is 11.1 Å². The number of aromatic nitrogens is 2. The van der Waals surface area contributed by atoms with Gasteiger partial charge in [-0.05, 0) is 12.5 Å². The van der Waals surface area contributed by atoms with E-state index in [4.69, 9.17) is 5.73 Å². The molecule has 2 aromatic rings. The Morgan fingerprint density at radius 2 is 2.29 bits per heavy atom. The van der Waals surface area contributed by atoms with Gasteiger partial charge in [-0.25, -0.2) is 0 Å². The molecule has 14 heavy (non-hydrogen) atoms. The van der Waals surface area contributed by atoms with E-state index in [9.17, 15) is 0 Å². The molecular weight excluding hydrogens is 174 g/mol. The van der Waals surface area contributed by atoms with Crippen LogP contribution in [0.15, 0.2) is 36.7 Å². The van der Waals surface area contributed by atoms with E-state index < -0.39 is 0 Å². The van der Waals surface area contributed by atoms with Crippen LogP contribution in [0.25, 0.3) is 0 Å². The average molecular weight is 187 g/mol. The second-order valence-corrected chi connectivity index (χ2v) is 3.46. The van der Waals surface area contributed by atoms with Crippen molar-refractivity contribution in [3.8, 4) is 0 Å². The van der Waals surface area contributed by atoms with Gasteiger partial charge < -0.3 is 5.73 Å². The van der Waals surface area contributed by atoms with Crippen molar-refractivity contribution >= 4 is 5.69 Å². The van der Waals surface area contributed by atoms with Gasteiger partial charge in [0.1, 0.15) is 0 Å². The summed E-state index contributed by atoms with van der Waals surface area (Å²) < 4.78 is 1.84. The van der Waals surface area contributed by atoms with Gasteiger partial charge in [0.25, 0.3) is 0 Å². The van der Waals surface area contributed by atoms with Crippen molar-refractivity contribution in [3.63, 3.8) is 0 Å². The van der Waals surface area contributed by atoms with E-state index in [2.05, 4.69) is 36.3 Å². The minimum absolute atomic E-state index is 0.706. The predicted octanol–water partition coefficient (Wildman–Crippen LogP) is 1.82. The van der Waals surface area contributed by atoms with Crippen molar-refractivity contribution in [1.29, 1.82) is 0 Å². The highest BCUT2D eigenvalue weighted by Gasteiger charge is 1.96. The number of nitrogens with zero attached hydrogens (tertiary/aromatic N) is 2. The number of aryl methyl sites for hydroxylation is 1. The molecule has 0 bridgehead atoms. The van der Waals surface area contributed by atoms with Gasteiger partial charge in [-0.3, -0.25) is 4.68 Å². The first kappa shape index (κ1) is 8.81. The SMILES string of the molecule is Cc1cccc(Cn2cc(N)cn2)c1. The van der Waals surface area contributed by atoms with Crippen molar-refractivity contribution in [2.24, 2.45) is 0 Å². The molecule has 0 spiro atoms. The van der Waals surface area contributed by atoms with Crippen molar-refractivity contribution in [2.75, 3.05) is 5.73 Å². The highest BCUT2D eigenvalue weighted by Crippen LogP contribution is 2.07. The average Bonchev–Trinajstić information content (AvgIpc) is 2.51. The largest absolute Gasteiger partial charge is 0.396 e. The first-order chi connectivity index (χ1) is 6.74. The van der Waals surface area contributed by atoms with Gasteiger partial charge in [-0.15, -0.1) is 0 Å². The Kier molecular flexibility index (Phi) is 2.23. The highest BCUT2D eigenvalue weighted by molar-refractivity contribution is 5.31. The minimum Gasteiger partial charge on any atom is -0.396 e. The number of nitrogen functional groups attached to an aromatic ring is 1. The summed E-state index contributed by atoms with van der Waals surface area (Å²) in [6, 6.07) is 8.38. The summed E-state index contributed by atoms with van der Waals surface area (Å²) in [4.78, 5) is 0. The Hall–Kier alpha value is -1.77. The van der Waals surface area contributed by atoms with Gasteiger partial charge in [-0.1, -0.05) is 29.8 Å². The fourth-order valence-corrected chi connectivity index (χ4v) is 1.46. The van der Waals surface area contributed by atoms with Crippen molar-refractivity contribution in [2.45, 2.75) is 13.5 Å². The van der Waals surface area contributed by atoms with Crippen LogP contribution in [-0.4, -0.2) is 9.78 Å². The molecule has 0 atom stereocenters. The zero-order chi connectivity index (χ0) is 9.97. The standard InChI is InChI=1S/C11H13N3/c1-9-3-2-4-10(5-9)7-14-8-11(12)6-13-14/h2-6,8H,7,12H2,1H3. The molecule has 0 aliphatic heterocycles. The third kappa shape index (κ3) is 1.93. The van der Waals surface area contributed by atoms with Crippen LogP contribution < -0.4 is 5.73 Å². The summed E-state index contributed by atoms with van der Waals surface area (Å²) in [5, 5.41) is 4.13. The molecule has 2 N–H and O–H groups in total. The summed E-state index contributed by atoms with van der Waals surface area (Å²) in [5.74, 6) is 0. The van der Waals surface area contributed by atoms with E-state index in [0.717, 1.165) is 6.54 Å². The maximum absolute atomic E-state index is 5.58. The van der Waals surface area contributed by atoms with E-state index in [-0.39, 0.29) is 0 Å². The molecule has 1 heterocycles. The highest BCUT2D eigenvalue weighted by atomic mass is 15.3. The maximum atomic E-state index is 5.58. The molecule has 2 rings (SSSR count). The van der Waals surface area contributed by atoms with E-state index in [1.807, 2.05) is 10.9 Å². The number of anilines is 1. The van der Waals surface area contributed by atoms with Crippen LogP contribution in [0.3, 0.4) is 0 Å². The van der Waals surface area contributed by atoms with E-state index in [0.29, 0.717) is 5.69 Å². The first-order valence-corrected chi connectivity index (χ1v) is 4.57. The van der Waals surface area contributed by atoms with Gasteiger partial charge in [0.15, 0.2) is 0 Å². The quantitative estimate of drug-likeness (QED) is 0.779. The Balaban J connectivity index is 2.18. The monoisotopic (exact) mass is 187 g/mol. The normalized spacial score (nSPS) is 10.4. The van der Waals surface area contributed by atoms with Gasteiger partial charge in [0.2, 0.25) is 0 Å². The Labute approximate surface area is 83.2 Å². The molecule has 0 aliphatic carbocycles. The molecule has 72 valence electrons. The second-order valence-electron chi connectivity index (χ2n) is 3.46. The number of nitrogens with two attached hydrogens (primary N) is 1. The predicted molar refractivity (Wildman–Crippen MR) is 56.9 cm³/mol. The molecule has 0 aliphatic rings. The molecular formula is C11H13N3. The molecule has 0 saturated carbocycles. The van der Waals surface area contributed by atoms with Crippen LogP contribution in [0.1, 0.15) is 11.1 Å². The molecule has 0 amide bonds. The third-order valence-electron chi connectivity index (χ3n) is 2.08. The zero-order valence-electron chi connectivity index (χ0n) is 8.14. The summed E-state index contributed by atoms with van der Waals surface area (Å²) in [6.45, 7) is 2.86. The molecule has 0 saturated heterocycles. The van der Waals surface area contributed by atoms with Gasteiger partial charge in [0.05, 0.1) is 18.4 Å². The lowest BCUT2D eigenvalue weighted by Gasteiger charge is -2.02. The molecule has 0 radical (unpaired) electrons. The van der Waals surface area contributed by atoms with Crippen molar-refractivity contribution in [3.05, 3.63) is 47.8 Å². The van der Waals surface area contributed by atoms with Crippen LogP contribution in [0.2, 0.25) is 0 Å². The molecule has 1 aromatic carbocycles. The first-order valence-electron chi connectivity index (χ1n) is 4.57. The summed E-state index contributed by atoms with van der Waals surface area (Å²) in [6.07, 6.45) is 3.50. The lowest BCUT2D eigenvalue weighted by molar-refractivity contribution is 0.687. The Morgan fingerprint density at radius 1 is 1.43 bits per heavy atom.